The molecule has 3 heteroatoms. The van der Waals surface area contributed by atoms with E-state index >= 15 is 0 Å². The highest BCUT2D eigenvalue weighted by Crippen LogP contribution is 2.61. The van der Waals surface area contributed by atoms with Gasteiger partial charge >= 0.3 is 5.97 Å². The predicted octanol–water partition coefficient (Wildman–Crippen LogP) is 9.95. The molecule has 0 aliphatic heterocycles. The Morgan fingerprint density at radius 1 is 0.484 bits per heavy atom. The highest BCUT2D eigenvalue weighted by Gasteiger charge is 2.35. The van der Waals surface area contributed by atoms with Crippen molar-refractivity contribution in [2.75, 3.05) is 24.6 Å². The lowest BCUT2D eigenvalue weighted by molar-refractivity contribution is -0.137. The Bertz CT molecular complexity index is 342. The summed E-state index contributed by atoms with van der Waals surface area (Å²) < 4.78 is 0. The molecule has 0 bridgehead atoms. The van der Waals surface area contributed by atoms with Crippen LogP contribution in [0.2, 0.25) is 0 Å². The molecule has 0 atom stereocenters. The van der Waals surface area contributed by atoms with Crippen LogP contribution in [-0.2, 0) is 4.79 Å². The van der Waals surface area contributed by atoms with Crippen molar-refractivity contribution < 1.29 is 9.90 Å². The molecule has 2 nitrogen and oxygen atoms in total. The maximum atomic E-state index is 11.2. The molecule has 0 radical (unpaired) electrons. The summed E-state index contributed by atoms with van der Waals surface area (Å²) in [5.74, 6) is -0.600. The molecular formula is C28H58O2P+. The largest absolute Gasteiger partial charge is 0.481 e. The molecular weight excluding hydrogens is 399 g/mol. The van der Waals surface area contributed by atoms with E-state index in [-0.39, 0.29) is 0 Å². The van der Waals surface area contributed by atoms with E-state index in [0.717, 1.165) is 6.42 Å². The van der Waals surface area contributed by atoms with Crippen LogP contribution in [0.5, 0.6) is 0 Å². The molecule has 0 fully saturated rings. The zero-order valence-corrected chi connectivity index (χ0v) is 22.7. The normalized spacial score (nSPS) is 11.8. The molecule has 0 aliphatic carbocycles. The standard InChI is InChI=1S/C28H57O2P/c1-4-7-10-13-16-19-24-31(27-22-23-28(29)30,25-20-17-14-11-8-5-2)26-21-18-15-12-9-6-3/h4-27H2,1-3H3/p+1. The van der Waals surface area contributed by atoms with Crippen molar-refractivity contribution in [3.63, 3.8) is 0 Å². The topological polar surface area (TPSA) is 37.3 Å². The minimum atomic E-state index is -0.982. The molecule has 0 saturated carbocycles. The van der Waals surface area contributed by atoms with E-state index in [9.17, 15) is 9.90 Å². The number of aliphatic carboxylic acids is 1. The number of carboxylic acid groups (broad SMARTS) is 1. The van der Waals surface area contributed by atoms with Gasteiger partial charge in [0.2, 0.25) is 0 Å². The minimum absolute atomic E-state index is 0.380. The van der Waals surface area contributed by atoms with Gasteiger partial charge < -0.3 is 5.11 Å². The number of carboxylic acids is 1. The average Bonchev–Trinajstić information content (AvgIpc) is 2.75. The van der Waals surface area contributed by atoms with Crippen molar-refractivity contribution >= 4 is 13.2 Å². The van der Waals surface area contributed by atoms with Crippen LogP contribution < -0.4 is 0 Å². The van der Waals surface area contributed by atoms with Gasteiger partial charge in [-0.15, -0.1) is 0 Å². The first kappa shape index (κ1) is 30.9. The third kappa shape index (κ3) is 20.3. The first-order chi connectivity index (χ1) is 15.1. The summed E-state index contributed by atoms with van der Waals surface area (Å²) >= 11 is 0. The van der Waals surface area contributed by atoms with Gasteiger partial charge in [0.25, 0.3) is 0 Å². The fourth-order valence-electron chi connectivity index (χ4n) is 4.92. The lowest BCUT2D eigenvalue weighted by atomic mass is 10.1. The van der Waals surface area contributed by atoms with Gasteiger partial charge in [0.15, 0.2) is 0 Å². The van der Waals surface area contributed by atoms with Gasteiger partial charge in [0.1, 0.15) is 0 Å². The lowest BCUT2D eigenvalue weighted by Crippen LogP contribution is -2.14. The predicted molar refractivity (Wildman–Crippen MR) is 143 cm³/mol. The van der Waals surface area contributed by atoms with Gasteiger partial charge in [-0.05, 0) is 44.9 Å². The lowest BCUT2D eigenvalue weighted by Gasteiger charge is -2.28. The van der Waals surface area contributed by atoms with Crippen LogP contribution in [0.15, 0.2) is 0 Å². The van der Waals surface area contributed by atoms with Crippen molar-refractivity contribution in [1.82, 2.24) is 0 Å². The van der Waals surface area contributed by atoms with Crippen LogP contribution in [0.3, 0.4) is 0 Å². The van der Waals surface area contributed by atoms with Crippen LogP contribution >= 0.6 is 7.26 Å². The molecule has 0 heterocycles. The van der Waals surface area contributed by atoms with Crippen molar-refractivity contribution in [2.45, 2.75) is 149 Å². The van der Waals surface area contributed by atoms with Crippen molar-refractivity contribution in [1.29, 1.82) is 0 Å². The Kier molecular flexibility index (Phi) is 23.0. The molecule has 0 aromatic heterocycles. The van der Waals surface area contributed by atoms with Crippen molar-refractivity contribution in [3.05, 3.63) is 0 Å². The molecule has 0 aromatic carbocycles. The molecule has 186 valence electrons. The molecule has 0 rings (SSSR count). The molecule has 1 N–H and O–H groups in total. The highest BCUT2D eigenvalue weighted by molar-refractivity contribution is 7.75. The summed E-state index contributed by atoms with van der Waals surface area (Å²) in [7, 11) is -0.982. The fraction of sp³-hybridized carbons (Fsp3) is 0.964. The third-order valence-corrected chi connectivity index (χ3v) is 12.0. The Balaban J connectivity index is 4.74. The number of hydrogen-bond donors (Lipinski definition) is 1. The van der Waals surface area contributed by atoms with Crippen molar-refractivity contribution in [2.24, 2.45) is 0 Å². The number of carbonyl (C=O) groups is 1. The summed E-state index contributed by atoms with van der Waals surface area (Å²) in [5, 5.41) is 9.21. The number of rotatable bonds is 25. The number of hydrogen-bond acceptors (Lipinski definition) is 1. The summed E-state index contributed by atoms with van der Waals surface area (Å²) in [4.78, 5) is 11.2. The molecule has 0 unspecified atom stereocenters. The second kappa shape index (κ2) is 23.1. The zero-order chi connectivity index (χ0) is 23.0. The number of unbranched alkanes of at least 4 members (excludes halogenated alkanes) is 15. The average molecular weight is 458 g/mol. The maximum absolute atomic E-state index is 11.2. The quantitative estimate of drug-likeness (QED) is 0.109. The first-order valence-corrected chi connectivity index (χ1v) is 16.7. The fourth-order valence-corrected chi connectivity index (χ4v) is 9.77. The monoisotopic (exact) mass is 457 g/mol. The molecule has 0 saturated heterocycles. The molecule has 0 spiro atoms. The first-order valence-electron chi connectivity index (χ1n) is 14.2. The molecule has 0 amide bonds. The Hall–Kier alpha value is -0.100. The van der Waals surface area contributed by atoms with Crippen molar-refractivity contribution in [3.8, 4) is 0 Å². The van der Waals surface area contributed by atoms with Crippen LogP contribution in [0.4, 0.5) is 0 Å². The van der Waals surface area contributed by atoms with Gasteiger partial charge in [-0.2, -0.15) is 0 Å². The van der Waals surface area contributed by atoms with Gasteiger partial charge in [0.05, 0.1) is 24.6 Å². The van der Waals surface area contributed by atoms with E-state index in [0.29, 0.717) is 6.42 Å². The smallest absolute Gasteiger partial charge is 0.303 e. The minimum Gasteiger partial charge on any atom is -0.481 e. The van der Waals surface area contributed by atoms with E-state index in [1.807, 2.05) is 0 Å². The van der Waals surface area contributed by atoms with Gasteiger partial charge in [0, 0.05) is 13.7 Å². The van der Waals surface area contributed by atoms with E-state index < -0.39 is 13.2 Å². The van der Waals surface area contributed by atoms with Gasteiger partial charge in [-0.1, -0.05) is 97.8 Å². The Morgan fingerprint density at radius 2 is 0.774 bits per heavy atom. The SMILES string of the molecule is CCCCCCCC[P+](CCCCCCCC)(CCCCCCCC)CCCC(=O)O. The Labute approximate surface area is 197 Å². The summed E-state index contributed by atoms with van der Waals surface area (Å²) in [6.07, 6.45) is 31.8. The second-order valence-corrected chi connectivity index (χ2v) is 14.5. The van der Waals surface area contributed by atoms with Crippen LogP contribution in [0, 0.1) is 0 Å². The van der Waals surface area contributed by atoms with Crippen LogP contribution in [0.1, 0.15) is 149 Å². The summed E-state index contributed by atoms with van der Waals surface area (Å²) in [6, 6.07) is 0. The summed E-state index contributed by atoms with van der Waals surface area (Å²) in [6.45, 7) is 6.88. The second-order valence-electron chi connectivity index (χ2n) is 10.0. The Morgan fingerprint density at radius 3 is 1.10 bits per heavy atom. The summed E-state index contributed by atoms with van der Waals surface area (Å²) in [5.41, 5.74) is 0. The van der Waals surface area contributed by atoms with E-state index in [1.54, 1.807) is 0 Å². The zero-order valence-electron chi connectivity index (χ0n) is 21.8. The van der Waals surface area contributed by atoms with E-state index in [2.05, 4.69) is 20.8 Å². The highest BCUT2D eigenvalue weighted by atomic mass is 31.2. The molecule has 0 aromatic rings. The maximum Gasteiger partial charge on any atom is 0.303 e. The van der Waals surface area contributed by atoms with Gasteiger partial charge in [-0.3, -0.25) is 4.79 Å². The van der Waals surface area contributed by atoms with E-state index in [4.69, 9.17) is 0 Å². The molecule has 0 aliphatic rings. The molecule has 31 heavy (non-hydrogen) atoms. The van der Waals surface area contributed by atoms with E-state index in [1.165, 1.54) is 140 Å². The van der Waals surface area contributed by atoms with Crippen LogP contribution in [-0.4, -0.2) is 35.7 Å². The third-order valence-electron chi connectivity index (χ3n) is 6.98. The van der Waals surface area contributed by atoms with Crippen LogP contribution in [0.25, 0.3) is 0 Å². The van der Waals surface area contributed by atoms with Gasteiger partial charge in [-0.25, -0.2) is 0 Å².